The van der Waals surface area contributed by atoms with Gasteiger partial charge in [-0.2, -0.15) is 0 Å². The van der Waals surface area contributed by atoms with Gasteiger partial charge in [-0.25, -0.2) is 4.79 Å². The maximum absolute atomic E-state index is 12.6. The Hall–Kier alpha value is -3.93. The summed E-state index contributed by atoms with van der Waals surface area (Å²) in [4.78, 5) is 35.8. The molecule has 0 unspecified atom stereocenters. The fourth-order valence-corrected chi connectivity index (χ4v) is 3.50. The molecule has 0 aliphatic rings. The van der Waals surface area contributed by atoms with Crippen LogP contribution < -0.4 is 11.1 Å². The summed E-state index contributed by atoms with van der Waals surface area (Å²) in [6.45, 7) is 1.82. The number of amides is 2. The van der Waals surface area contributed by atoms with Gasteiger partial charge in [-0.15, -0.1) is 0 Å². The molecule has 3 aromatic rings. The number of benzene rings is 3. The summed E-state index contributed by atoms with van der Waals surface area (Å²) in [5, 5.41) is 11.9. The molecule has 164 valence electrons. The zero-order valence-corrected chi connectivity index (χ0v) is 17.8. The highest BCUT2D eigenvalue weighted by molar-refractivity contribution is 5.89. The first-order valence-electron chi connectivity index (χ1n) is 10.4. The van der Waals surface area contributed by atoms with Gasteiger partial charge >= 0.3 is 5.97 Å². The van der Waals surface area contributed by atoms with E-state index in [4.69, 9.17) is 10.8 Å². The van der Waals surface area contributed by atoms with Crippen LogP contribution in [0.1, 0.15) is 28.4 Å². The number of hydrogen-bond donors (Lipinski definition) is 3. The SMILES string of the molecule is C[C@@H](Cc1ccccc1)C(=O)N[C@@H](Cc1ccc(-c2cccc(C(=O)O)c2)cc1)C(N)=O. The molecule has 3 rings (SSSR count). The van der Waals surface area contributed by atoms with Crippen molar-refractivity contribution in [2.45, 2.75) is 25.8 Å². The molecule has 0 aliphatic heterocycles. The Kier molecular flexibility index (Phi) is 7.39. The van der Waals surface area contributed by atoms with Crippen LogP contribution in [-0.2, 0) is 22.4 Å². The first-order valence-corrected chi connectivity index (χ1v) is 10.4. The number of carbonyl (C=O) groups excluding carboxylic acids is 2. The Bertz CT molecular complexity index is 1090. The van der Waals surface area contributed by atoms with E-state index in [1.807, 2.05) is 67.6 Å². The first kappa shape index (κ1) is 22.7. The van der Waals surface area contributed by atoms with E-state index in [0.29, 0.717) is 6.42 Å². The summed E-state index contributed by atoms with van der Waals surface area (Å²) in [5.74, 6) is -2.10. The molecule has 0 saturated heterocycles. The molecule has 0 aromatic heterocycles. The molecule has 0 aliphatic carbocycles. The topological polar surface area (TPSA) is 109 Å². The summed E-state index contributed by atoms with van der Waals surface area (Å²) < 4.78 is 0. The zero-order valence-electron chi connectivity index (χ0n) is 17.8. The third-order valence-corrected chi connectivity index (χ3v) is 5.33. The standard InChI is InChI=1S/C26H26N2O4/c1-17(14-18-6-3-2-4-7-18)25(30)28-23(24(27)29)15-19-10-12-20(13-11-19)21-8-5-9-22(16-21)26(31)32/h2-13,16-17,23H,14-15H2,1H3,(H2,27,29)(H,28,30)(H,31,32)/t17-,23-/m0/s1. The summed E-state index contributed by atoms with van der Waals surface area (Å²) in [5.41, 5.74) is 9.28. The molecule has 4 N–H and O–H groups in total. The van der Waals surface area contributed by atoms with Crippen molar-refractivity contribution in [2.24, 2.45) is 11.7 Å². The molecule has 0 saturated carbocycles. The Balaban J connectivity index is 1.65. The molecule has 2 atom stereocenters. The van der Waals surface area contributed by atoms with Gasteiger partial charge in [0.05, 0.1) is 5.56 Å². The van der Waals surface area contributed by atoms with Crippen molar-refractivity contribution in [3.05, 3.63) is 95.6 Å². The quantitative estimate of drug-likeness (QED) is 0.483. The average Bonchev–Trinajstić information content (AvgIpc) is 2.79. The monoisotopic (exact) mass is 430 g/mol. The van der Waals surface area contributed by atoms with Gasteiger partial charge in [-0.1, -0.05) is 73.7 Å². The van der Waals surface area contributed by atoms with E-state index < -0.39 is 17.9 Å². The van der Waals surface area contributed by atoms with Crippen LogP contribution in [0.25, 0.3) is 11.1 Å². The molecule has 6 heteroatoms. The number of nitrogens with two attached hydrogens (primary N) is 1. The minimum absolute atomic E-state index is 0.215. The third kappa shape index (κ3) is 6.04. The van der Waals surface area contributed by atoms with Gasteiger partial charge in [0.15, 0.2) is 0 Å². The average molecular weight is 431 g/mol. The number of hydrogen-bond acceptors (Lipinski definition) is 3. The van der Waals surface area contributed by atoms with Crippen molar-refractivity contribution in [3.63, 3.8) is 0 Å². The number of carbonyl (C=O) groups is 3. The van der Waals surface area contributed by atoms with E-state index in [2.05, 4.69) is 5.32 Å². The lowest BCUT2D eigenvalue weighted by atomic mass is 9.97. The van der Waals surface area contributed by atoms with Crippen LogP contribution in [-0.4, -0.2) is 28.9 Å². The fraction of sp³-hybridized carbons (Fsp3) is 0.192. The normalized spacial score (nSPS) is 12.5. The highest BCUT2D eigenvalue weighted by Gasteiger charge is 2.22. The minimum atomic E-state index is -0.981. The smallest absolute Gasteiger partial charge is 0.335 e. The van der Waals surface area contributed by atoms with E-state index in [-0.39, 0.29) is 23.8 Å². The van der Waals surface area contributed by atoms with E-state index in [9.17, 15) is 14.4 Å². The molecule has 0 radical (unpaired) electrons. The number of nitrogens with one attached hydrogen (secondary N) is 1. The van der Waals surface area contributed by atoms with Gasteiger partial charge < -0.3 is 16.2 Å². The summed E-state index contributed by atoms with van der Waals surface area (Å²) >= 11 is 0. The molecular formula is C26H26N2O4. The molecule has 0 bridgehead atoms. The van der Waals surface area contributed by atoms with Gasteiger partial charge in [0.2, 0.25) is 11.8 Å². The van der Waals surface area contributed by atoms with Crippen molar-refractivity contribution < 1.29 is 19.5 Å². The number of carboxylic acid groups (broad SMARTS) is 1. The molecule has 2 amide bonds. The van der Waals surface area contributed by atoms with Gasteiger partial charge in [0.25, 0.3) is 0 Å². The molecular weight excluding hydrogens is 404 g/mol. The van der Waals surface area contributed by atoms with Crippen LogP contribution in [0.5, 0.6) is 0 Å². The predicted octanol–water partition coefficient (Wildman–Crippen LogP) is 3.44. The Morgan fingerprint density at radius 1 is 0.844 bits per heavy atom. The van der Waals surface area contributed by atoms with Crippen LogP contribution in [0.2, 0.25) is 0 Å². The molecule has 0 spiro atoms. The number of carboxylic acids is 1. The van der Waals surface area contributed by atoms with E-state index in [1.165, 1.54) is 0 Å². The number of rotatable bonds is 9. The summed E-state index contributed by atoms with van der Waals surface area (Å²) in [6.07, 6.45) is 0.844. The second-order valence-electron chi connectivity index (χ2n) is 7.84. The van der Waals surface area contributed by atoms with Crippen LogP contribution in [0.4, 0.5) is 0 Å². The van der Waals surface area contributed by atoms with Crippen LogP contribution in [0.15, 0.2) is 78.9 Å². The second kappa shape index (κ2) is 10.4. The van der Waals surface area contributed by atoms with Crippen LogP contribution in [0.3, 0.4) is 0 Å². The van der Waals surface area contributed by atoms with Crippen molar-refractivity contribution in [1.29, 1.82) is 0 Å². The van der Waals surface area contributed by atoms with Crippen molar-refractivity contribution in [3.8, 4) is 11.1 Å². The molecule has 0 fully saturated rings. The van der Waals surface area contributed by atoms with Gasteiger partial charge in [-0.05, 0) is 40.8 Å². The van der Waals surface area contributed by atoms with Crippen LogP contribution in [0, 0.1) is 5.92 Å². The summed E-state index contributed by atoms with van der Waals surface area (Å²) in [7, 11) is 0. The zero-order chi connectivity index (χ0) is 23.1. The van der Waals surface area contributed by atoms with E-state index in [0.717, 1.165) is 22.3 Å². The Morgan fingerprint density at radius 3 is 2.12 bits per heavy atom. The van der Waals surface area contributed by atoms with Crippen molar-refractivity contribution in [1.82, 2.24) is 5.32 Å². The largest absolute Gasteiger partial charge is 0.478 e. The second-order valence-corrected chi connectivity index (χ2v) is 7.84. The Labute approximate surface area is 187 Å². The molecule has 6 nitrogen and oxygen atoms in total. The van der Waals surface area contributed by atoms with E-state index >= 15 is 0 Å². The minimum Gasteiger partial charge on any atom is -0.478 e. The van der Waals surface area contributed by atoms with Gasteiger partial charge in [0, 0.05) is 12.3 Å². The van der Waals surface area contributed by atoms with Crippen LogP contribution >= 0.6 is 0 Å². The lowest BCUT2D eigenvalue weighted by Crippen LogP contribution is -2.47. The molecule has 0 heterocycles. The fourth-order valence-electron chi connectivity index (χ4n) is 3.50. The lowest BCUT2D eigenvalue weighted by molar-refractivity contribution is -0.129. The Morgan fingerprint density at radius 2 is 1.50 bits per heavy atom. The maximum Gasteiger partial charge on any atom is 0.335 e. The first-order chi connectivity index (χ1) is 15.3. The molecule has 32 heavy (non-hydrogen) atoms. The lowest BCUT2D eigenvalue weighted by Gasteiger charge is -2.19. The highest BCUT2D eigenvalue weighted by Crippen LogP contribution is 2.21. The highest BCUT2D eigenvalue weighted by atomic mass is 16.4. The number of primary amides is 1. The molecule has 3 aromatic carbocycles. The van der Waals surface area contributed by atoms with Gasteiger partial charge in [0.1, 0.15) is 6.04 Å². The third-order valence-electron chi connectivity index (χ3n) is 5.33. The van der Waals surface area contributed by atoms with Crippen molar-refractivity contribution >= 4 is 17.8 Å². The van der Waals surface area contributed by atoms with Crippen molar-refractivity contribution in [2.75, 3.05) is 0 Å². The maximum atomic E-state index is 12.6. The summed E-state index contributed by atoms with van der Waals surface area (Å²) in [6, 6.07) is 23.0. The van der Waals surface area contributed by atoms with Gasteiger partial charge in [-0.3, -0.25) is 9.59 Å². The predicted molar refractivity (Wildman–Crippen MR) is 123 cm³/mol. The van der Waals surface area contributed by atoms with E-state index in [1.54, 1.807) is 18.2 Å². The number of aromatic carboxylic acids is 1.